The third-order valence-electron chi connectivity index (χ3n) is 4.27. The van der Waals surface area contributed by atoms with Gasteiger partial charge >= 0.3 is 0 Å². The summed E-state index contributed by atoms with van der Waals surface area (Å²) in [5.74, 6) is 1.26. The lowest BCUT2D eigenvalue weighted by Gasteiger charge is -2.12. The molecule has 0 bridgehead atoms. The van der Waals surface area contributed by atoms with Gasteiger partial charge < -0.3 is 20.1 Å². The number of rotatable bonds is 7. The van der Waals surface area contributed by atoms with Crippen molar-refractivity contribution >= 4 is 17.5 Å². The summed E-state index contributed by atoms with van der Waals surface area (Å²) in [6, 6.07) is 12.4. The zero-order chi connectivity index (χ0) is 18.5. The van der Waals surface area contributed by atoms with Gasteiger partial charge in [-0.3, -0.25) is 9.59 Å². The SMILES string of the molecule is COc1ccc(CNC(=O)c2cccc(NC(=O)C3CC3)c2)c(OC)c1. The highest BCUT2D eigenvalue weighted by Crippen LogP contribution is 2.30. The van der Waals surface area contributed by atoms with E-state index in [4.69, 9.17) is 9.47 Å². The van der Waals surface area contributed by atoms with E-state index < -0.39 is 0 Å². The van der Waals surface area contributed by atoms with Gasteiger partial charge in [0, 0.05) is 35.3 Å². The summed E-state index contributed by atoms with van der Waals surface area (Å²) >= 11 is 0. The molecule has 2 aromatic carbocycles. The van der Waals surface area contributed by atoms with Crippen LogP contribution in [-0.4, -0.2) is 26.0 Å². The molecule has 0 atom stereocenters. The number of benzene rings is 2. The second kappa shape index (κ2) is 7.91. The minimum Gasteiger partial charge on any atom is -0.497 e. The molecule has 1 saturated carbocycles. The van der Waals surface area contributed by atoms with Gasteiger partial charge in [-0.1, -0.05) is 6.07 Å². The van der Waals surface area contributed by atoms with E-state index in [9.17, 15) is 9.59 Å². The largest absolute Gasteiger partial charge is 0.497 e. The fourth-order valence-corrected chi connectivity index (χ4v) is 2.60. The molecule has 0 unspecified atom stereocenters. The number of nitrogens with one attached hydrogen (secondary N) is 2. The van der Waals surface area contributed by atoms with Gasteiger partial charge in [0.05, 0.1) is 14.2 Å². The van der Waals surface area contributed by atoms with E-state index in [0.29, 0.717) is 29.3 Å². The molecule has 2 N–H and O–H groups in total. The second-order valence-corrected chi connectivity index (χ2v) is 6.20. The quantitative estimate of drug-likeness (QED) is 0.801. The first-order chi connectivity index (χ1) is 12.6. The fraction of sp³-hybridized carbons (Fsp3) is 0.300. The minimum atomic E-state index is -0.217. The monoisotopic (exact) mass is 354 g/mol. The Morgan fingerprint density at radius 1 is 1.08 bits per heavy atom. The van der Waals surface area contributed by atoms with Gasteiger partial charge in [0.1, 0.15) is 11.5 Å². The molecule has 2 aromatic rings. The van der Waals surface area contributed by atoms with Crippen LogP contribution < -0.4 is 20.1 Å². The molecule has 1 aliphatic carbocycles. The average Bonchev–Trinajstić information content (AvgIpc) is 3.51. The lowest BCUT2D eigenvalue weighted by atomic mass is 10.1. The van der Waals surface area contributed by atoms with E-state index >= 15 is 0 Å². The molecule has 0 radical (unpaired) electrons. The van der Waals surface area contributed by atoms with E-state index in [-0.39, 0.29) is 17.7 Å². The molecule has 1 fully saturated rings. The Kier molecular flexibility index (Phi) is 5.41. The Hall–Kier alpha value is -3.02. The lowest BCUT2D eigenvalue weighted by Crippen LogP contribution is -2.23. The van der Waals surface area contributed by atoms with Gasteiger partial charge in [-0.25, -0.2) is 0 Å². The molecule has 26 heavy (non-hydrogen) atoms. The standard InChI is InChI=1S/C20H22N2O4/c1-25-17-9-8-15(18(11-17)26-2)12-21-19(23)14-4-3-5-16(10-14)22-20(24)13-6-7-13/h3-5,8-11,13H,6-7,12H2,1-2H3,(H,21,23)(H,22,24). The maximum absolute atomic E-state index is 12.4. The summed E-state index contributed by atoms with van der Waals surface area (Å²) in [5, 5.41) is 5.72. The van der Waals surface area contributed by atoms with Crippen molar-refractivity contribution in [3.63, 3.8) is 0 Å². The molecular formula is C20H22N2O4. The van der Waals surface area contributed by atoms with Crippen molar-refractivity contribution in [3.05, 3.63) is 53.6 Å². The smallest absolute Gasteiger partial charge is 0.251 e. The van der Waals surface area contributed by atoms with Crippen LogP contribution in [0, 0.1) is 5.92 Å². The van der Waals surface area contributed by atoms with E-state index in [0.717, 1.165) is 18.4 Å². The zero-order valence-corrected chi connectivity index (χ0v) is 14.9. The molecule has 1 aliphatic rings. The number of hydrogen-bond acceptors (Lipinski definition) is 4. The van der Waals surface area contributed by atoms with E-state index in [1.54, 1.807) is 44.6 Å². The number of amides is 2. The number of methoxy groups -OCH3 is 2. The summed E-state index contributed by atoms with van der Waals surface area (Å²) < 4.78 is 10.5. The van der Waals surface area contributed by atoms with Gasteiger partial charge in [0.15, 0.2) is 0 Å². The maximum atomic E-state index is 12.4. The normalized spacial score (nSPS) is 13.0. The predicted molar refractivity (Wildman–Crippen MR) is 98.5 cm³/mol. The summed E-state index contributed by atoms with van der Waals surface area (Å²) in [4.78, 5) is 24.3. The summed E-state index contributed by atoms with van der Waals surface area (Å²) in [6.45, 7) is 0.324. The molecular weight excluding hydrogens is 332 g/mol. The van der Waals surface area contributed by atoms with Crippen LogP contribution in [0.2, 0.25) is 0 Å². The molecule has 6 nitrogen and oxygen atoms in total. The Balaban J connectivity index is 1.64. The molecule has 0 aromatic heterocycles. The van der Waals surface area contributed by atoms with Crippen LogP contribution in [0.15, 0.2) is 42.5 Å². The second-order valence-electron chi connectivity index (χ2n) is 6.20. The van der Waals surface area contributed by atoms with Gasteiger partial charge in [-0.15, -0.1) is 0 Å². The van der Waals surface area contributed by atoms with Crippen LogP contribution in [0.25, 0.3) is 0 Å². The highest BCUT2D eigenvalue weighted by Gasteiger charge is 2.29. The fourth-order valence-electron chi connectivity index (χ4n) is 2.60. The molecule has 0 saturated heterocycles. The van der Waals surface area contributed by atoms with E-state index in [1.807, 2.05) is 12.1 Å². The average molecular weight is 354 g/mol. The number of anilines is 1. The highest BCUT2D eigenvalue weighted by molar-refractivity contribution is 5.98. The van der Waals surface area contributed by atoms with Crippen LogP contribution in [0.4, 0.5) is 5.69 Å². The van der Waals surface area contributed by atoms with Crippen LogP contribution in [-0.2, 0) is 11.3 Å². The topological polar surface area (TPSA) is 76.7 Å². The minimum absolute atomic E-state index is 0.0190. The maximum Gasteiger partial charge on any atom is 0.251 e. The Bertz CT molecular complexity index is 815. The van der Waals surface area contributed by atoms with Gasteiger partial charge in [0.2, 0.25) is 5.91 Å². The molecule has 0 heterocycles. The third kappa shape index (κ3) is 4.33. The van der Waals surface area contributed by atoms with Gasteiger partial charge in [-0.2, -0.15) is 0 Å². The molecule has 136 valence electrons. The van der Waals surface area contributed by atoms with Crippen LogP contribution >= 0.6 is 0 Å². The Labute approximate surface area is 152 Å². The van der Waals surface area contributed by atoms with E-state index in [1.165, 1.54) is 0 Å². The van der Waals surface area contributed by atoms with Crippen molar-refractivity contribution in [2.45, 2.75) is 19.4 Å². The molecule has 3 rings (SSSR count). The zero-order valence-electron chi connectivity index (χ0n) is 14.9. The Morgan fingerprint density at radius 2 is 1.88 bits per heavy atom. The van der Waals surface area contributed by atoms with Crippen molar-refractivity contribution in [2.75, 3.05) is 19.5 Å². The first-order valence-electron chi connectivity index (χ1n) is 8.50. The predicted octanol–water partition coefficient (Wildman–Crippen LogP) is 2.98. The van der Waals surface area contributed by atoms with Crippen molar-refractivity contribution in [2.24, 2.45) is 5.92 Å². The highest BCUT2D eigenvalue weighted by atomic mass is 16.5. The number of carbonyl (C=O) groups excluding carboxylic acids is 2. The Morgan fingerprint density at radius 3 is 2.58 bits per heavy atom. The van der Waals surface area contributed by atoms with Gasteiger partial charge in [0.25, 0.3) is 5.91 Å². The van der Waals surface area contributed by atoms with E-state index in [2.05, 4.69) is 10.6 Å². The third-order valence-corrected chi connectivity index (χ3v) is 4.27. The molecule has 2 amide bonds. The summed E-state index contributed by atoms with van der Waals surface area (Å²) in [6.07, 6.45) is 1.88. The van der Waals surface area contributed by atoms with Crippen LogP contribution in [0.3, 0.4) is 0 Å². The van der Waals surface area contributed by atoms with Gasteiger partial charge in [-0.05, 0) is 43.2 Å². The number of hydrogen-bond donors (Lipinski definition) is 2. The van der Waals surface area contributed by atoms with Crippen molar-refractivity contribution in [3.8, 4) is 11.5 Å². The molecule has 0 aliphatic heterocycles. The van der Waals surface area contributed by atoms with Crippen molar-refractivity contribution in [1.29, 1.82) is 0 Å². The first kappa shape index (κ1) is 17.8. The van der Waals surface area contributed by atoms with Crippen molar-refractivity contribution in [1.82, 2.24) is 5.32 Å². The summed E-state index contributed by atoms with van der Waals surface area (Å²) in [7, 11) is 3.16. The number of ether oxygens (including phenoxy) is 2. The van der Waals surface area contributed by atoms with Crippen LogP contribution in [0.5, 0.6) is 11.5 Å². The lowest BCUT2D eigenvalue weighted by molar-refractivity contribution is -0.117. The summed E-state index contributed by atoms with van der Waals surface area (Å²) in [5.41, 5.74) is 1.97. The first-order valence-corrected chi connectivity index (χ1v) is 8.50. The molecule has 6 heteroatoms. The molecule has 0 spiro atoms. The number of carbonyl (C=O) groups is 2. The van der Waals surface area contributed by atoms with Crippen molar-refractivity contribution < 1.29 is 19.1 Å². The van der Waals surface area contributed by atoms with Crippen LogP contribution in [0.1, 0.15) is 28.8 Å².